The maximum absolute atomic E-state index is 5.93. The molecule has 0 radical (unpaired) electrons. The normalized spacial score (nSPS) is 12.7. The van der Waals surface area contributed by atoms with Gasteiger partial charge in [0, 0.05) is 23.2 Å². The van der Waals surface area contributed by atoms with Gasteiger partial charge in [0.05, 0.1) is 0 Å². The molecule has 3 heteroatoms. The number of fused-ring (bicyclic) bond motifs is 1. The molecule has 1 heterocycles. The molecule has 0 amide bonds. The lowest BCUT2D eigenvalue weighted by Crippen LogP contribution is -2.18. The first-order valence-corrected chi connectivity index (χ1v) is 7.66. The summed E-state index contributed by atoms with van der Waals surface area (Å²) in [4.78, 5) is 1.21. The number of thiophene rings is 1. The van der Waals surface area contributed by atoms with Crippen LogP contribution in [0.5, 0.6) is 0 Å². The van der Waals surface area contributed by atoms with Gasteiger partial charge in [-0.05, 0) is 34.7 Å². The number of hydrogen-bond donors (Lipinski definition) is 2. The Balaban J connectivity index is 1.82. The van der Waals surface area contributed by atoms with Crippen LogP contribution < -0.4 is 11.1 Å². The summed E-state index contributed by atoms with van der Waals surface area (Å²) >= 11 is 1.70. The van der Waals surface area contributed by atoms with Crippen molar-refractivity contribution in [1.29, 1.82) is 0 Å². The van der Waals surface area contributed by atoms with Gasteiger partial charge in [0.1, 0.15) is 0 Å². The van der Waals surface area contributed by atoms with Crippen LogP contribution in [0, 0.1) is 0 Å². The highest BCUT2D eigenvalue weighted by Crippen LogP contribution is 2.25. The lowest BCUT2D eigenvalue weighted by Gasteiger charge is -2.16. The minimum atomic E-state index is 0.294. The van der Waals surface area contributed by atoms with E-state index in [-0.39, 0.29) is 0 Å². The zero-order valence-electron chi connectivity index (χ0n) is 11.5. The molecule has 0 spiro atoms. The molecular weight excluding hydrogens is 264 g/mol. The van der Waals surface area contributed by atoms with E-state index < -0.39 is 0 Å². The second-order valence-corrected chi connectivity index (χ2v) is 5.97. The molecule has 0 saturated heterocycles. The van der Waals surface area contributed by atoms with Crippen LogP contribution in [0.4, 0.5) is 5.69 Å². The average molecular weight is 282 g/mol. The van der Waals surface area contributed by atoms with E-state index in [0.29, 0.717) is 6.04 Å². The Labute approximate surface area is 123 Å². The first kappa shape index (κ1) is 13.2. The van der Waals surface area contributed by atoms with Crippen LogP contribution in [0.1, 0.15) is 23.4 Å². The fourth-order valence-corrected chi connectivity index (χ4v) is 3.23. The molecule has 0 aliphatic heterocycles. The van der Waals surface area contributed by atoms with Crippen LogP contribution in [0.15, 0.2) is 53.9 Å². The molecular formula is C17H18N2S. The second-order valence-electron chi connectivity index (χ2n) is 4.97. The Bertz CT molecular complexity index is 712. The van der Waals surface area contributed by atoms with E-state index in [1.165, 1.54) is 21.2 Å². The summed E-state index contributed by atoms with van der Waals surface area (Å²) < 4.78 is 0. The van der Waals surface area contributed by atoms with Gasteiger partial charge in [0.25, 0.3) is 0 Å². The van der Waals surface area contributed by atoms with Crippen molar-refractivity contribution in [2.24, 2.45) is 0 Å². The first-order chi connectivity index (χ1) is 9.75. The van der Waals surface area contributed by atoms with Crippen molar-refractivity contribution < 1.29 is 0 Å². The Morgan fingerprint density at radius 3 is 2.70 bits per heavy atom. The van der Waals surface area contributed by atoms with Gasteiger partial charge in [-0.15, -0.1) is 11.3 Å². The van der Waals surface area contributed by atoms with Gasteiger partial charge in [0.15, 0.2) is 0 Å². The number of nitrogens with one attached hydrogen (secondary N) is 1. The maximum Gasteiger partial charge on any atom is 0.0468 e. The highest BCUT2D eigenvalue weighted by Gasteiger charge is 2.09. The Kier molecular flexibility index (Phi) is 3.72. The lowest BCUT2D eigenvalue weighted by atomic mass is 10.00. The molecule has 1 unspecified atom stereocenters. The number of nitrogen functional groups attached to an aromatic ring is 1. The molecule has 0 aliphatic carbocycles. The van der Waals surface area contributed by atoms with E-state index in [4.69, 9.17) is 5.73 Å². The fraction of sp³-hybridized carbons (Fsp3) is 0.176. The second kappa shape index (κ2) is 5.65. The Morgan fingerprint density at radius 2 is 1.90 bits per heavy atom. The molecule has 20 heavy (non-hydrogen) atoms. The summed E-state index contributed by atoms with van der Waals surface area (Å²) in [5, 5.41) is 8.20. The number of benzene rings is 2. The van der Waals surface area contributed by atoms with Gasteiger partial charge >= 0.3 is 0 Å². The highest BCUT2D eigenvalue weighted by atomic mass is 32.1. The Hall–Kier alpha value is -1.84. The third kappa shape index (κ3) is 2.55. The number of anilines is 1. The SMILES string of the molecule is CC(NCc1sccc1N)c1cccc2ccccc12. The summed E-state index contributed by atoms with van der Waals surface area (Å²) in [6, 6.07) is 17.2. The molecule has 2 nitrogen and oxygen atoms in total. The van der Waals surface area contributed by atoms with Gasteiger partial charge in [-0.25, -0.2) is 0 Å². The van der Waals surface area contributed by atoms with Crippen molar-refractivity contribution in [3.8, 4) is 0 Å². The van der Waals surface area contributed by atoms with Crippen molar-refractivity contribution in [2.75, 3.05) is 5.73 Å². The van der Waals surface area contributed by atoms with Crippen LogP contribution in [-0.2, 0) is 6.54 Å². The molecule has 0 fully saturated rings. The third-order valence-corrected chi connectivity index (χ3v) is 4.58. The van der Waals surface area contributed by atoms with Crippen LogP contribution >= 0.6 is 11.3 Å². The van der Waals surface area contributed by atoms with Crippen LogP contribution in [0.2, 0.25) is 0 Å². The molecule has 2 aromatic carbocycles. The predicted molar refractivity (Wildman–Crippen MR) is 87.9 cm³/mol. The maximum atomic E-state index is 5.93. The summed E-state index contributed by atoms with van der Waals surface area (Å²) in [6.45, 7) is 3.01. The third-order valence-electron chi connectivity index (χ3n) is 3.64. The van der Waals surface area contributed by atoms with Gasteiger partial charge in [-0.3, -0.25) is 0 Å². The highest BCUT2D eigenvalue weighted by molar-refractivity contribution is 7.10. The van der Waals surface area contributed by atoms with Gasteiger partial charge in [-0.1, -0.05) is 42.5 Å². The minimum Gasteiger partial charge on any atom is -0.398 e. The smallest absolute Gasteiger partial charge is 0.0468 e. The molecule has 1 aromatic heterocycles. The summed E-state index contributed by atoms with van der Waals surface area (Å²) in [5.41, 5.74) is 8.14. The van der Waals surface area contributed by atoms with Gasteiger partial charge < -0.3 is 11.1 Å². The van der Waals surface area contributed by atoms with E-state index in [1.807, 2.05) is 11.4 Å². The standard InChI is InChI=1S/C17H18N2S/c1-12(19-11-17-16(18)9-10-20-17)14-8-4-6-13-5-2-3-7-15(13)14/h2-10,12,19H,11,18H2,1H3. The molecule has 3 rings (SSSR count). The van der Waals surface area contributed by atoms with Crippen molar-refractivity contribution in [3.63, 3.8) is 0 Å². The van der Waals surface area contributed by atoms with Crippen LogP contribution in [0.25, 0.3) is 10.8 Å². The molecule has 3 aromatic rings. The van der Waals surface area contributed by atoms with Crippen molar-refractivity contribution in [2.45, 2.75) is 19.5 Å². The zero-order chi connectivity index (χ0) is 13.9. The molecule has 0 bridgehead atoms. The van der Waals surface area contributed by atoms with Gasteiger partial charge in [0.2, 0.25) is 0 Å². The number of hydrogen-bond acceptors (Lipinski definition) is 3. The first-order valence-electron chi connectivity index (χ1n) is 6.78. The van der Waals surface area contributed by atoms with E-state index >= 15 is 0 Å². The fourth-order valence-electron chi connectivity index (χ4n) is 2.48. The van der Waals surface area contributed by atoms with E-state index in [0.717, 1.165) is 12.2 Å². The van der Waals surface area contributed by atoms with E-state index in [9.17, 15) is 0 Å². The molecule has 0 aliphatic rings. The van der Waals surface area contributed by atoms with Crippen molar-refractivity contribution in [1.82, 2.24) is 5.32 Å². The number of rotatable bonds is 4. The Morgan fingerprint density at radius 1 is 1.10 bits per heavy atom. The van der Waals surface area contributed by atoms with Crippen LogP contribution in [-0.4, -0.2) is 0 Å². The number of nitrogens with two attached hydrogens (primary N) is 1. The van der Waals surface area contributed by atoms with Crippen LogP contribution in [0.3, 0.4) is 0 Å². The minimum absolute atomic E-state index is 0.294. The summed E-state index contributed by atoms with van der Waals surface area (Å²) in [5.74, 6) is 0. The molecule has 102 valence electrons. The zero-order valence-corrected chi connectivity index (χ0v) is 12.3. The largest absolute Gasteiger partial charge is 0.398 e. The monoisotopic (exact) mass is 282 g/mol. The summed E-state index contributed by atoms with van der Waals surface area (Å²) in [6.07, 6.45) is 0. The average Bonchev–Trinajstić information content (AvgIpc) is 2.89. The molecule has 0 saturated carbocycles. The topological polar surface area (TPSA) is 38.0 Å². The quantitative estimate of drug-likeness (QED) is 0.747. The molecule has 1 atom stereocenters. The molecule has 3 N–H and O–H groups in total. The lowest BCUT2D eigenvalue weighted by molar-refractivity contribution is 0.583. The van der Waals surface area contributed by atoms with Crippen molar-refractivity contribution >= 4 is 27.8 Å². The van der Waals surface area contributed by atoms with E-state index in [2.05, 4.69) is 54.7 Å². The van der Waals surface area contributed by atoms with E-state index in [1.54, 1.807) is 11.3 Å². The summed E-state index contributed by atoms with van der Waals surface area (Å²) in [7, 11) is 0. The van der Waals surface area contributed by atoms with Gasteiger partial charge in [-0.2, -0.15) is 0 Å². The predicted octanol–water partition coefficient (Wildman–Crippen LogP) is 4.33. The van der Waals surface area contributed by atoms with Crippen molar-refractivity contribution in [3.05, 3.63) is 64.4 Å².